The summed E-state index contributed by atoms with van der Waals surface area (Å²) in [5, 5.41) is 0. The van der Waals surface area contributed by atoms with Gasteiger partial charge in [0.05, 0.1) is 11.2 Å². The molecule has 2 aromatic rings. The maximum atomic E-state index is 6.53. The molecule has 80 valence electrons. The van der Waals surface area contributed by atoms with Crippen LogP contribution in [0.5, 0.6) is 0 Å². The normalized spacial score (nSPS) is 23.1. The molecular formula is C14H14N2. The van der Waals surface area contributed by atoms with Crippen LogP contribution in [0.1, 0.15) is 23.2 Å². The van der Waals surface area contributed by atoms with E-state index >= 15 is 0 Å². The molecule has 2 nitrogen and oxygen atoms in total. The van der Waals surface area contributed by atoms with Crippen LogP contribution in [0.15, 0.2) is 48.7 Å². The summed E-state index contributed by atoms with van der Waals surface area (Å²) in [4.78, 5) is 4.41. The lowest BCUT2D eigenvalue weighted by molar-refractivity contribution is 0.518. The quantitative estimate of drug-likeness (QED) is 0.784. The molecule has 2 N–H and O–H groups in total. The van der Waals surface area contributed by atoms with Crippen LogP contribution in [0.2, 0.25) is 0 Å². The number of aryl methyl sites for hydroxylation is 1. The molecule has 0 saturated heterocycles. The van der Waals surface area contributed by atoms with Crippen LogP contribution in [0.4, 0.5) is 0 Å². The van der Waals surface area contributed by atoms with Gasteiger partial charge < -0.3 is 5.73 Å². The fraction of sp³-hybridized carbons (Fsp3) is 0.214. The second-order valence-electron chi connectivity index (χ2n) is 4.34. The highest BCUT2D eigenvalue weighted by Gasteiger charge is 2.37. The van der Waals surface area contributed by atoms with Crippen molar-refractivity contribution in [1.82, 2.24) is 4.98 Å². The van der Waals surface area contributed by atoms with Crippen molar-refractivity contribution in [2.45, 2.75) is 18.4 Å². The Bertz CT molecular complexity index is 507. The molecule has 1 aromatic heterocycles. The first-order valence-corrected chi connectivity index (χ1v) is 5.59. The standard InChI is InChI=1S/C14H14N2/c15-14(13-7-3-4-10-16-13)9-8-11-5-1-2-6-12(11)14/h1-7,10H,8-9,15H2. The van der Waals surface area contributed by atoms with Crippen LogP contribution in [0.3, 0.4) is 0 Å². The third kappa shape index (κ3) is 1.27. The van der Waals surface area contributed by atoms with Crippen LogP contribution >= 0.6 is 0 Å². The third-order valence-corrected chi connectivity index (χ3v) is 3.41. The molecule has 1 unspecified atom stereocenters. The van der Waals surface area contributed by atoms with E-state index in [1.807, 2.05) is 24.4 Å². The summed E-state index contributed by atoms with van der Waals surface area (Å²) < 4.78 is 0. The average molecular weight is 210 g/mol. The van der Waals surface area contributed by atoms with E-state index in [2.05, 4.69) is 29.2 Å². The Hall–Kier alpha value is -1.67. The number of hydrogen-bond donors (Lipinski definition) is 1. The zero-order valence-corrected chi connectivity index (χ0v) is 9.06. The molecule has 1 heterocycles. The smallest absolute Gasteiger partial charge is 0.0844 e. The second-order valence-corrected chi connectivity index (χ2v) is 4.34. The van der Waals surface area contributed by atoms with Gasteiger partial charge in [-0.3, -0.25) is 4.98 Å². The lowest BCUT2D eigenvalue weighted by atomic mass is 9.89. The lowest BCUT2D eigenvalue weighted by Gasteiger charge is -2.24. The van der Waals surface area contributed by atoms with Gasteiger partial charge in [-0.25, -0.2) is 0 Å². The van der Waals surface area contributed by atoms with Crippen LogP contribution in [-0.4, -0.2) is 4.98 Å². The Morgan fingerprint density at radius 2 is 1.88 bits per heavy atom. The number of aromatic nitrogens is 1. The third-order valence-electron chi connectivity index (χ3n) is 3.41. The maximum absolute atomic E-state index is 6.53. The first kappa shape index (κ1) is 9.55. The molecule has 16 heavy (non-hydrogen) atoms. The molecule has 0 spiro atoms. The number of pyridine rings is 1. The monoisotopic (exact) mass is 210 g/mol. The van der Waals surface area contributed by atoms with E-state index in [-0.39, 0.29) is 0 Å². The number of rotatable bonds is 1. The van der Waals surface area contributed by atoms with Gasteiger partial charge in [-0.05, 0) is 36.1 Å². The average Bonchev–Trinajstić information content (AvgIpc) is 2.71. The van der Waals surface area contributed by atoms with Gasteiger partial charge in [0.2, 0.25) is 0 Å². The van der Waals surface area contributed by atoms with E-state index in [1.54, 1.807) is 0 Å². The number of nitrogens with two attached hydrogens (primary N) is 1. The summed E-state index contributed by atoms with van der Waals surface area (Å²) in [5.74, 6) is 0. The van der Waals surface area contributed by atoms with Gasteiger partial charge in [0, 0.05) is 6.20 Å². The zero-order valence-electron chi connectivity index (χ0n) is 9.06. The minimum Gasteiger partial charge on any atom is -0.316 e. The molecule has 2 heteroatoms. The van der Waals surface area contributed by atoms with Gasteiger partial charge in [-0.2, -0.15) is 0 Å². The van der Waals surface area contributed by atoms with Crippen molar-refractivity contribution in [3.63, 3.8) is 0 Å². The topological polar surface area (TPSA) is 38.9 Å². The van der Waals surface area contributed by atoms with Crippen molar-refractivity contribution in [3.05, 3.63) is 65.5 Å². The minimum atomic E-state index is -0.391. The van der Waals surface area contributed by atoms with Crippen molar-refractivity contribution >= 4 is 0 Å². The summed E-state index contributed by atoms with van der Waals surface area (Å²) in [7, 11) is 0. The van der Waals surface area contributed by atoms with E-state index in [0.717, 1.165) is 18.5 Å². The molecule has 0 fully saturated rings. The second kappa shape index (κ2) is 3.42. The summed E-state index contributed by atoms with van der Waals surface area (Å²) in [6.07, 6.45) is 3.80. The first-order valence-electron chi connectivity index (χ1n) is 5.59. The molecule has 1 aliphatic rings. The lowest BCUT2D eigenvalue weighted by Crippen LogP contribution is -2.36. The predicted octanol–water partition coefficient (Wildman–Crippen LogP) is 2.23. The van der Waals surface area contributed by atoms with E-state index in [0.29, 0.717) is 0 Å². The van der Waals surface area contributed by atoms with Crippen LogP contribution in [0.25, 0.3) is 0 Å². The SMILES string of the molecule is NC1(c2ccccn2)CCc2ccccc21. The molecule has 0 bridgehead atoms. The highest BCUT2D eigenvalue weighted by Crippen LogP contribution is 2.38. The summed E-state index contributed by atoms with van der Waals surface area (Å²) in [5.41, 5.74) is 9.70. The van der Waals surface area contributed by atoms with Crippen molar-refractivity contribution in [2.24, 2.45) is 5.73 Å². The zero-order chi connectivity index (χ0) is 11.0. The number of benzene rings is 1. The molecule has 1 aromatic carbocycles. The van der Waals surface area contributed by atoms with Crippen molar-refractivity contribution in [3.8, 4) is 0 Å². The van der Waals surface area contributed by atoms with Crippen molar-refractivity contribution in [1.29, 1.82) is 0 Å². The van der Waals surface area contributed by atoms with Crippen LogP contribution in [-0.2, 0) is 12.0 Å². The summed E-state index contributed by atoms with van der Waals surface area (Å²) in [6, 6.07) is 14.3. The highest BCUT2D eigenvalue weighted by molar-refractivity contribution is 5.44. The van der Waals surface area contributed by atoms with Gasteiger partial charge in [0.1, 0.15) is 0 Å². The maximum Gasteiger partial charge on any atom is 0.0844 e. The molecule has 3 rings (SSSR count). The van der Waals surface area contributed by atoms with Gasteiger partial charge in [-0.1, -0.05) is 30.3 Å². The molecule has 0 amide bonds. The van der Waals surface area contributed by atoms with Crippen molar-refractivity contribution < 1.29 is 0 Å². The Labute approximate surface area is 95.1 Å². The predicted molar refractivity (Wildman–Crippen MR) is 64.0 cm³/mol. The Kier molecular flexibility index (Phi) is 2.04. The Morgan fingerprint density at radius 3 is 2.69 bits per heavy atom. The number of fused-ring (bicyclic) bond motifs is 1. The molecule has 0 aliphatic heterocycles. The number of hydrogen-bond acceptors (Lipinski definition) is 2. The van der Waals surface area contributed by atoms with E-state index < -0.39 is 5.54 Å². The molecule has 1 aliphatic carbocycles. The summed E-state index contributed by atoms with van der Waals surface area (Å²) >= 11 is 0. The fourth-order valence-corrected chi connectivity index (χ4v) is 2.53. The molecular weight excluding hydrogens is 196 g/mol. The minimum absolute atomic E-state index is 0.391. The Balaban J connectivity index is 2.15. The van der Waals surface area contributed by atoms with Crippen LogP contribution in [0, 0.1) is 0 Å². The van der Waals surface area contributed by atoms with Gasteiger partial charge in [0.15, 0.2) is 0 Å². The molecule has 0 saturated carbocycles. The van der Waals surface area contributed by atoms with E-state index in [9.17, 15) is 0 Å². The fourth-order valence-electron chi connectivity index (χ4n) is 2.53. The van der Waals surface area contributed by atoms with Crippen molar-refractivity contribution in [2.75, 3.05) is 0 Å². The number of nitrogens with zero attached hydrogens (tertiary/aromatic N) is 1. The van der Waals surface area contributed by atoms with E-state index in [4.69, 9.17) is 5.73 Å². The molecule has 0 radical (unpaired) electrons. The van der Waals surface area contributed by atoms with Crippen LogP contribution < -0.4 is 5.73 Å². The van der Waals surface area contributed by atoms with Gasteiger partial charge in [-0.15, -0.1) is 0 Å². The van der Waals surface area contributed by atoms with Gasteiger partial charge >= 0.3 is 0 Å². The largest absolute Gasteiger partial charge is 0.316 e. The summed E-state index contributed by atoms with van der Waals surface area (Å²) in [6.45, 7) is 0. The Morgan fingerprint density at radius 1 is 1.06 bits per heavy atom. The molecule has 1 atom stereocenters. The first-order chi connectivity index (χ1) is 7.81. The van der Waals surface area contributed by atoms with Gasteiger partial charge in [0.25, 0.3) is 0 Å². The van der Waals surface area contributed by atoms with E-state index in [1.165, 1.54) is 11.1 Å². The highest BCUT2D eigenvalue weighted by atomic mass is 14.8.